The SMILES string of the molecule is COc1ccc(N)c(NC(=O)C2CCN(C)CC2)c1. The monoisotopic (exact) mass is 263 g/mol. The Morgan fingerprint density at radius 1 is 1.42 bits per heavy atom. The summed E-state index contributed by atoms with van der Waals surface area (Å²) in [5.74, 6) is 0.808. The molecule has 0 saturated carbocycles. The van der Waals surface area contributed by atoms with Crippen LogP contribution in [-0.4, -0.2) is 38.1 Å². The van der Waals surface area contributed by atoms with Gasteiger partial charge in [0.05, 0.1) is 18.5 Å². The second-order valence-corrected chi connectivity index (χ2v) is 5.02. The number of nitrogen functional groups attached to an aromatic ring is 1. The van der Waals surface area contributed by atoms with Gasteiger partial charge in [0.15, 0.2) is 0 Å². The number of ether oxygens (including phenoxy) is 1. The summed E-state index contributed by atoms with van der Waals surface area (Å²) in [6.45, 7) is 1.93. The highest BCUT2D eigenvalue weighted by molar-refractivity contribution is 5.95. The standard InChI is InChI=1S/C14H21N3O2/c1-17-7-5-10(6-8-17)14(18)16-13-9-11(19-2)3-4-12(13)15/h3-4,9-10H,5-8,15H2,1-2H3,(H,16,18). The van der Waals surface area contributed by atoms with Gasteiger partial charge in [-0.25, -0.2) is 0 Å². The lowest BCUT2D eigenvalue weighted by atomic mass is 9.96. The van der Waals surface area contributed by atoms with Gasteiger partial charge in [-0.15, -0.1) is 0 Å². The Balaban J connectivity index is 2.02. The van der Waals surface area contributed by atoms with E-state index in [1.54, 1.807) is 25.3 Å². The predicted molar refractivity (Wildman–Crippen MR) is 76.3 cm³/mol. The number of anilines is 2. The predicted octanol–water partition coefficient (Wildman–Crippen LogP) is 1.56. The molecule has 19 heavy (non-hydrogen) atoms. The zero-order valence-corrected chi connectivity index (χ0v) is 11.5. The van der Waals surface area contributed by atoms with Crippen LogP contribution in [0.25, 0.3) is 0 Å². The lowest BCUT2D eigenvalue weighted by Crippen LogP contribution is -2.36. The molecular formula is C14H21N3O2. The minimum Gasteiger partial charge on any atom is -0.497 e. The molecule has 5 heteroatoms. The maximum absolute atomic E-state index is 12.2. The molecule has 0 radical (unpaired) electrons. The van der Waals surface area contributed by atoms with Crippen LogP contribution in [0.2, 0.25) is 0 Å². The Morgan fingerprint density at radius 3 is 2.74 bits per heavy atom. The van der Waals surface area contributed by atoms with Crippen LogP contribution >= 0.6 is 0 Å². The molecule has 2 rings (SSSR count). The largest absolute Gasteiger partial charge is 0.497 e. The lowest BCUT2D eigenvalue weighted by molar-refractivity contribution is -0.121. The first-order valence-electron chi connectivity index (χ1n) is 6.53. The molecule has 0 atom stereocenters. The Morgan fingerprint density at radius 2 is 2.11 bits per heavy atom. The number of carbonyl (C=O) groups is 1. The van der Waals surface area contributed by atoms with Crippen molar-refractivity contribution in [1.82, 2.24) is 4.90 Å². The number of likely N-dealkylation sites (tertiary alicyclic amines) is 1. The third-order valence-corrected chi connectivity index (χ3v) is 3.61. The van der Waals surface area contributed by atoms with E-state index in [9.17, 15) is 4.79 Å². The maximum Gasteiger partial charge on any atom is 0.227 e. The number of nitrogens with zero attached hydrogens (tertiary/aromatic N) is 1. The van der Waals surface area contributed by atoms with Crippen LogP contribution in [0.1, 0.15) is 12.8 Å². The second kappa shape index (κ2) is 5.93. The van der Waals surface area contributed by atoms with E-state index in [4.69, 9.17) is 10.5 Å². The molecule has 1 fully saturated rings. The molecule has 104 valence electrons. The molecule has 1 amide bonds. The van der Waals surface area contributed by atoms with Gasteiger partial charge in [-0.3, -0.25) is 4.79 Å². The van der Waals surface area contributed by atoms with E-state index in [0.29, 0.717) is 17.1 Å². The molecule has 1 saturated heterocycles. The van der Waals surface area contributed by atoms with Gasteiger partial charge < -0.3 is 20.7 Å². The van der Waals surface area contributed by atoms with Crippen LogP contribution in [-0.2, 0) is 4.79 Å². The van der Waals surface area contributed by atoms with Crippen molar-refractivity contribution in [3.63, 3.8) is 0 Å². The van der Waals surface area contributed by atoms with E-state index in [-0.39, 0.29) is 11.8 Å². The molecule has 1 heterocycles. The molecular weight excluding hydrogens is 242 g/mol. The number of rotatable bonds is 3. The average Bonchev–Trinajstić information content (AvgIpc) is 2.42. The van der Waals surface area contributed by atoms with Crippen LogP contribution in [0.15, 0.2) is 18.2 Å². The summed E-state index contributed by atoms with van der Waals surface area (Å²) in [5, 5.41) is 2.91. The van der Waals surface area contributed by atoms with E-state index in [1.165, 1.54) is 0 Å². The van der Waals surface area contributed by atoms with Crippen molar-refractivity contribution >= 4 is 17.3 Å². The number of piperidine rings is 1. The first kappa shape index (κ1) is 13.7. The van der Waals surface area contributed by atoms with Crippen LogP contribution in [0, 0.1) is 5.92 Å². The van der Waals surface area contributed by atoms with Gasteiger partial charge >= 0.3 is 0 Å². The molecule has 0 bridgehead atoms. The number of amides is 1. The first-order valence-corrected chi connectivity index (χ1v) is 6.53. The Hall–Kier alpha value is -1.75. The molecule has 1 aromatic rings. The van der Waals surface area contributed by atoms with Crippen LogP contribution in [0.4, 0.5) is 11.4 Å². The molecule has 5 nitrogen and oxygen atoms in total. The molecule has 0 unspecified atom stereocenters. The fourth-order valence-corrected chi connectivity index (χ4v) is 2.28. The molecule has 1 aliphatic rings. The van der Waals surface area contributed by atoms with Crippen LogP contribution in [0.3, 0.4) is 0 Å². The Labute approximate surface area is 113 Å². The second-order valence-electron chi connectivity index (χ2n) is 5.02. The van der Waals surface area contributed by atoms with Gasteiger partial charge in [0.25, 0.3) is 0 Å². The molecule has 1 aliphatic heterocycles. The smallest absolute Gasteiger partial charge is 0.227 e. The van der Waals surface area contributed by atoms with E-state index in [1.807, 2.05) is 0 Å². The van der Waals surface area contributed by atoms with Crippen LogP contribution < -0.4 is 15.8 Å². The lowest BCUT2D eigenvalue weighted by Gasteiger charge is -2.28. The van der Waals surface area contributed by atoms with Crippen molar-refractivity contribution in [1.29, 1.82) is 0 Å². The van der Waals surface area contributed by atoms with E-state index in [2.05, 4.69) is 17.3 Å². The summed E-state index contributed by atoms with van der Waals surface area (Å²) in [4.78, 5) is 14.4. The third-order valence-electron chi connectivity index (χ3n) is 3.61. The summed E-state index contributed by atoms with van der Waals surface area (Å²) in [6, 6.07) is 5.27. The van der Waals surface area contributed by atoms with Gasteiger partial charge in [0.1, 0.15) is 5.75 Å². The number of benzene rings is 1. The van der Waals surface area contributed by atoms with E-state index < -0.39 is 0 Å². The fraction of sp³-hybridized carbons (Fsp3) is 0.500. The molecule has 0 aromatic heterocycles. The highest BCUT2D eigenvalue weighted by Gasteiger charge is 2.23. The fourth-order valence-electron chi connectivity index (χ4n) is 2.28. The van der Waals surface area contributed by atoms with Gasteiger partial charge in [-0.2, -0.15) is 0 Å². The van der Waals surface area contributed by atoms with Gasteiger partial charge in [0, 0.05) is 12.0 Å². The molecule has 3 N–H and O–H groups in total. The minimum absolute atomic E-state index is 0.0491. The highest BCUT2D eigenvalue weighted by Crippen LogP contribution is 2.26. The summed E-state index contributed by atoms with van der Waals surface area (Å²) >= 11 is 0. The maximum atomic E-state index is 12.2. The van der Waals surface area contributed by atoms with Crippen molar-refractivity contribution in [2.45, 2.75) is 12.8 Å². The number of carbonyl (C=O) groups excluding carboxylic acids is 1. The number of hydrogen-bond acceptors (Lipinski definition) is 4. The van der Waals surface area contributed by atoms with Gasteiger partial charge in [0.2, 0.25) is 5.91 Å². The number of hydrogen-bond donors (Lipinski definition) is 2. The molecule has 1 aromatic carbocycles. The molecule has 0 aliphatic carbocycles. The van der Waals surface area contributed by atoms with Crippen molar-refractivity contribution in [3.8, 4) is 5.75 Å². The summed E-state index contributed by atoms with van der Waals surface area (Å²) in [6.07, 6.45) is 1.79. The normalized spacial score (nSPS) is 17.2. The number of nitrogens with two attached hydrogens (primary N) is 1. The minimum atomic E-state index is 0.0491. The Bertz CT molecular complexity index is 454. The third kappa shape index (κ3) is 3.38. The summed E-state index contributed by atoms with van der Waals surface area (Å²) in [5.41, 5.74) is 7.05. The van der Waals surface area contributed by atoms with E-state index in [0.717, 1.165) is 25.9 Å². The Kier molecular flexibility index (Phi) is 4.27. The van der Waals surface area contributed by atoms with E-state index >= 15 is 0 Å². The quantitative estimate of drug-likeness (QED) is 0.812. The molecule has 0 spiro atoms. The topological polar surface area (TPSA) is 67.6 Å². The van der Waals surface area contributed by atoms with Gasteiger partial charge in [-0.1, -0.05) is 0 Å². The van der Waals surface area contributed by atoms with Crippen molar-refractivity contribution < 1.29 is 9.53 Å². The zero-order chi connectivity index (χ0) is 13.8. The highest BCUT2D eigenvalue weighted by atomic mass is 16.5. The van der Waals surface area contributed by atoms with Crippen LogP contribution in [0.5, 0.6) is 5.75 Å². The summed E-state index contributed by atoms with van der Waals surface area (Å²) < 4.78 is 5.14. The average molecular weight is 263 g/mol. The number of nitrogens with one attached hydrogen (secondary N) is 1. The van der Waals surface area contributed by atoms with Crippen molar-refractivity contribution in [2.24, 2.45) is 5.92 Å². The van der Waals surface area contributed by atoms with Crippen molar-refractivity contribution in [2.75, 3.05) is 38.3 Å². The van der Waals surface area contributed by atoms with Gasteiger partial charge in [-0.05, 0) is 45.1 Å². The zero-order valence-electron chi connectivity index (χ0n) is 11.5. The number of methoxy groups -OCH3 is 1. The first-order chi connectivity index (χ1) is 9.10. The van der Waals surface area contributed by atoms with Crippen molar-refractivity contribution in [3.05, 3.63) is 18.2 Å². The summed E-state index contributed by atoms with van der Waals surface area (Å²) in [7, 11) is 3.67.